The van der Waals surface area contributed by atoms with E-state index in [0.29, 0.717) is 25.8 Å². The minimum absolute atomic E-state index is 0.000483. The highest BCUT2D eigenvalue weighted by molar-refractivity contribution is 9.11. The standard InChI is InChI=1S/C20H15Br2ClN2O5S/c1-30-19(27)8-11-6-15(21)20(16(22)7-11)31(28,29)14-3-4-17(26)12(10-14)9-13-2-5-18(23)25-24-13/h2-7,10,26H,8-9H2,1H3. The molecule has 1 N–H and O–H groups in total. The Kier molecular flexibility index (Phi) is 7.35. The number of rotatable bonds is 6. The molecule has 0 aliphatic rings. The molecule has 162 valence electrons. The quantitative estimate of drug-likeness (QED) is 0.422. The fourth-order valence-electron chi connectivity index (χ4n) is 2.83. The molecule has 31 heavy (non-hydrogen) atoms. The van der Waals surface area contributed by atoms with Crippen LogP contribution in [-0.2, 0) is 32.2 Å². The summed E-state index contributed by atoms with van der Waals surface area (Å²) in [4.78, 5) is 11.5. The monoisotopic (exact) mass is 588 g/mol. The number of hydrogen-bond donors (Lipinski definition) is 1. The van der Waals surface area contributed by atoms with Gasteiger partial charge in [0.25, 0.3) is 0 Å². The number of methoxy groups -OCH3 is 1. The summed E-state index contributed by atoms with van der Waals surface area (Å²) in [7, 11) is -2.69. The fourth-order valence-corrected chi connectivity index (χ4v) is 6.90. The molecule has 1 aromatic heterocycles. The third kappa shape index (κ3) is 5.43. The molecule has 0 atom stereocenters. The van der Waals surface area contributed by atoms with Crippen molar-refractivity contribution in [2.24, 2.45) is 0 Å². The van der Waals surface area contributed by atoms with Gasteiger partial charge in [-0.15, -0.1) is 5.10 Å². The lowest BCUT2D eigenvalue weighted by Crippen LogP contribution is -2.08. The van der Waals surface area contributed by atoms with Gasteiger partial charge in [-0.05, 0) is 79.9 Å². The summed E-state index contributed by atoms with van der Waals surface area (Å²) in [5.74, 6) is -0.509. The van der Waals surface area contributed by atoms with E-state index in [-0.39, 0.29) is 33.5 Å². The highest BCUT2D eigenvalue weighted by Crippen LogP contribution is 2.37. The van der Waals surface area contributed by atoms with Gasteiger partial charge in [-0.25, -0.2) is 8.42 Å². The Bertz CT molecular complexity index is 1230. The predicted octanol–water partition coefficient (Wildman–Crippen LogP) is 4.50. The summed E-state index contributed by atoms with van der Waals surface area (Å²) >= 11 is 12.3. The lowest BCUT2D eigenvalue weighted by atomic mass is 10.1. The van der Waals surface area contributed by atoms with Gasteiger partial charge < -0.3 is 9.84 Å². The van der Waals surface area contributed by atoms with E-state index >= 15 is 0 Å². The first-order valence-corrected chi connectivity index (χ1v) is 12.2. The van der Waals surface area contributed by atoms with Crippen LogP contribution < -0.4 is 0 Å². The zero-order valence-corrected chi connectivity index (χ0v) is 20.7. The first-order valence-electron chi connectivity index (χ1n) is 8.71. The van der Waals surface area contributed by atoms with Crippen LogP contribution in [0.25, 0.3) is 0 Å². The van der Waals surface area contributed by atoms with Crippen molar-refractivity contribution in [2.75, 3.05) is 7.11 Å². The Hall–Kier alpha value is -2.01. The van der Waals surface area contributed by atoms with Crippen LogP contribution >= 0.6 is 43.5 Å². The minimum Gasteiger partial charge on any atom is -0.508 e. The van der Waals surface area contributed by atoms with Gasteiger partial charge in [0.2, 0.25) is 9.84 Å². The number of carbonyl (C=O) groups is 1. The molecule has 7 nitrogen and oxygen atoms in total. The molecule has 0 aliphatic heterocycles. The van der Waals surface area contributed by atoms with Crippen LogP contribution in [0.5, 0.6) is 5.75 Å². The molecule has 3 aromatic rings. The van der Waals surface area contributed by atoms with Crippen molar-refractivity contribution >= 4 is 59.3 Å². The zero-order valence-electron chi connectivity index (χ0n) is 16.0. The number of benzene rings is 2. The predicted molar refractivity (Wildman–Crippen MR) is 121 cm³/mol. The number of nitrogens with zero attached hydrogens (tertiary/aromatic N) is 2. The molecule has 0 bridgehead atoms. The van der Waals surface area contributed by atoms with Crippen LogP contribution in [0.15, 0.2) is 61.2 Å². The van der Waals surface area contributed by atoms with Gasteiger partial charge in [0.1, 0.15) is 10.6 Å². The third-order valence-electron chi connectivity index (χ3n) is 4.32. The van der Waals surface area contributed by atoms with E-state index in [4.69, 9.17) is 11.6 Å². The van der Waals surface area contributed by atoms with Gasteiger partial charge in [-0.2, -0.15) is 5.10 Å². The molecule has 0 amide bonds. The number of aromatic hydroxyl groups is 1. The van der Waals surface area contributed by atoms with Gasteiger partial charge in [0, 0.05) is 20.9 Å². The lowest BCUT2D eigenvalue weighted by molar-refractivity contribution is -0.139. The number of ether oxygens (including phenoxy) is 1. The summed E-state index contributed by atoms with van der Waals surface area (Å²) in [6.45, 7) is 0. The number of halogens is 3. The van der Waals surface area contributed by atoms with Crippen LogP contribution in [0, 0.1) is 0 Å². The van der Waals surface area contributed by atoms with Crippen LogP contribution in [0.4, 0.5) is 0 Å². The van der Waals surface area contributed by atoms with Gasteiger partial charge in [0.15, 0.2) is 5.15 Å². The lowest BCUT2D eigenvalue weighted by Gasteiger charge is -2.13. The Balaban J connectivity index is 2.00. The molecule has 0 fully saturated rings. The summed E-state index contributed by atoms with van der Waals surface area (Å²) in [5, 5.41) is 18.1. The summed E-state index contributed by atoms with van der Waals surface area (Å²) < 4.78 is 31.9. The molecule has 2 aromatic carbocycles. The van der Waals surface area contributed by atoms with Crippen molar-refractivity contribution in [3.8, 4) is 5.75 Å². The zero-order chi connectivity index (χ0) is 22.8. The van der Waals surface area contributed by atoms with Crippen LogP contribution in [-0.4, -0.2) is 36.8 Å². The molecule has 0 saturated carbocycles. The van der Waals surface area contributed by atoms with Crippen molar-refractivity contribution in [1.29, 1.82) is 0 Å². The van der Waals surface area contributed by atoms with E-state index in [1.165, 1.54) is 25.3 Å². The number of esters is 1. The van der Waals surface area contributed by atoms with Crippen molar-refractivity contribution in [3.63, 3.8) is 0 Å². The van der Waals surface area contributed by atoms with Crippen LogP contribution in [0.1, 0.15) is 16.8 Å². The van der Waals surface area contributed by atoms with E-state index in [0.717, 1.165) is 0 Å². The first-order chi connectivity index (χ1) is 14.6. The molecular formula is C20H15Br2ClN2O5S. The number of phenols is 1. The molecule has 0 spiro atoms. The molecule has 1 heterocycles. The summed E-state index contributed by atoms with van der Waals surface area (Å²) in [5.41, 5.74) is 1.47. The summed E-state index contributed by atoms with van der Waals surface area (Å²) in [6, 6.07) is 10.3. The molecule has 0 unspecified atom stereocenters. The van der Waals surface area contributed by atoms with Gasteiger partial charge in [0.05, 0.1) is 24.1 Å². The van der Waals surface area contributed by atoms with Gasteiger partial charge in [-0.3, -0.25) is 4.79 Å². The largest absolute Gasteiger partial charge is 0.508 e. The maximum absolute atomic E-state index is 13.3. The SMILES string of the molecule is COC(=O)Cc1cc(Br)c(S(=O)(=O)c2ccc(O)c(Cc3ccc(Cl)nn3)c2)c(Br)c1. The number of phenolic OH excluding ortho intramolecular Hbond substituents is 1. The molecule has 3 rings (SSSR count). The Labute approximate surface area is 200 Å². The van der Waals surface area contributed by atoms with Crippen molar-refractivity contribution in [2.45, 2.75) is 22.6 Å². The Morgan fingerprint density at radius 1 is 1.10 bits per heavy atom. The first kappa shape index (κ1) is 23.6. The van der Waals surface area contributed by atoms with Gasteiger partial charge in [-0.1, -0.05) is 11.6 Å². The molecule has 0 radical (unpaired) electrons. The van der Waals surface area contributed by atoms with E-state index in [9.17, 15) is 18.3 Å². The third-order valence-corrected chi connectivity index (χ3v) is 8.15. The smallest absolute Gasteiger partial charge is 0.309 e. The van der Waals surface area contributed by atoms with E-state index in [2.05, 4.69) is 46.8 Å². The maximum Gasteiger partial charge on any atom is 0.309 e. The van der Waals surface area contributed by atoms with E-state index in [1.807, 2.05) is 0 Å². The molecule has 0 saturated heterocycles. The van der Waals surface area contributed by atoms with E-state index < -0.39 is 15.8 Å². The number of hydrogen-bond acceptors (Lipinski definition) is 7. The molecular weight excluding hydrogens is 576 g/mol. The number of carbonyl (C=O) groups excluding carboxylic acids is 1. The average molecular weight is 591 g/mol. The number of aromatic nitrogens is 2. The molecule has 0 aliphatic carbocycles. The van der Waals surface area contributed by atoms with Crippen molar-refractivity contribution in [1.82, 2.24) is 10.2 Å². The van der Waals surface area contributed by atoms with Crippen LogP contribution in [0.2, 0.25) is 5.15 Å². The molecule has 11 heteroatoms. The van der Waals surface area contributed by atoms with Crippen LogP contribution in [0.3, 0.4) is 0 Å². The second-order valence-electron chi connectivity index (χ2n) is 6.46. The summed E-state index contributed by atoms with van der Waals surface area (Å²) in [6.07, 6.45) is 0.166. The second kappa shape index (κ2) is 9.64. The van der Waals surface area contributed by atoms with Crippen molar-refractivity contribution in [3.05, 3.63) is 73.4 Å². The normalized spacial score (nSPS) is 11.4. The average Bonchev–Trinajstić information content (AvgIpc) is 2.70. The second-order valence-corrected chi connectivity index (χ2v) is 10.4. The Morgan fingerprint density at radius 2 is 1.77 bits per heavy atom. The Morgan fingerprint density at radius 3 is 2.35 bits per heavy atom. The fraction of sp³-hybridized carbons (Fsp3) is 0.150. The topological polar surface area (TPSA) is 106 Å². The minimum atomic E-state index is -3.97. The maximum atomic E-state index is 13.3. The number of sulfone groups is 1. The van der Waals surface area contributed by atoms with E-state index in [1.54, 1.807) is 24.3 Å². The van der Waals surface area contributed by atoms with Gasteiger partial charge >= 0.3 is 5.97 Å². The van der Waals surface area contributed by atoms with Crippen molar-refractivity contribution < 1.29 is 23.1 Å². The highest BCUT2D eigenvalue weighted by Gasteiger charge is 2.26. The highest BCUT2D eigenvalue weighted by atomic mass is 79.9.